The molecule has 0 bridgehead atoms. The Morgan fingerprint density at radius 1 is 1.24 bits per heavy atom. The lowest BCUT2D eigenvalue weighted by Gasteiger charge is -2.10. The summed E-state index contributed by atoms with van der Waals surface area (Å²) in [4.78, 5) is 17.4. The summed E-state index contributed by atoms with van der Waals surface area (Å²) < 4.78 is 7.01. The van der Waals surface area contributed by atoms with Crippen LogP contribution in [0.4, 0.5) is 5.69 Å². The number of carbonyl (C=O) groups excluding carboxylic acids is 1. The molecule has 1 N–H and O–H groups in total. The fraction of sp³-hybridized carbons (Fsp3) is 0.176. The highest BCUT2D eigenvalue weighted by atomic mass is 35.5. The van der Waals surface area contributed by atoms with E-state index in [0.29, 0.717) is 50.0 Å². The minimum Gasteiger partial charge on any atom is -0.493 e. The van der Waals surface area contributed by atoms with Gasteiger partial charge in [-0.25, -0.2) is 4.98 Å². The predicted octanol–water partition coefficient (Wildman–Crippen LogP) is 5.12. The molecule has 3 aromatic rings. The minimum atomic E-state index is -0.349. The number of carbonyl (C=O) groups is 1. The third kappa shape index (κ3) is 3.27. The van der Waals surface area contributed by atoms with Gasteiger partial charge in [0.2, 0.25) is 0 Å². The molecule has 0 aliphatic carbocycles. The fourth-order valence-electron chi connectivity index (χ4n) is 2.54. The van der Waals surface area contributed by atoms with Crippen molar-refractivity contribution in [1.82, 2.24) is 9.38 Å². The van der Waals surface area contributed by atoms with Crippen LogP contribution in [0.5, 0.6) is 5.75 Å². The van der Waals surface area contributed by atoms with E-state index >= 15 is 0 Å². The van der Waals surface area contributed by atoms with Crippen molar-refractivity contribution >= 4 is 52.0 Å². The third-order valence-electron chi connectivity index (χ3n) is 3.71. The summed E-state index contributed by atoms with van der Waals surface area (Å²) in [7, 11) is 1.56. The number of amides is 1. The molecule has 0 radical (unpaired) electrons. The van der Waals surface area contributed by atoms with Gasteiger partial charge in [0, 0.05) is 6.20 Å². The van der Waals surface area contributed by atoms with Gasteiger partial charge in [-0.2, -0.15) is 0 Å². The van der Waals surface area contributed by atoms with Gasteiger partial charge in [0.05, 0.1) is 33.6 Å². The number of aryl methyl sites for hydroxylation is 1. The number of methoxy groups -OCH3 is 1. The van der Waals surface area contributed by atoms with Gasteiger partial charge in [-0.1, -0.05) is 41.7 Å². The molecule has 0 fully saturated rings. The number of aromatic nitrogens is 2. The van der Waals surface area contributed by atoms with Crippen molar-refractivity contribution in [1.29, 1.82) is 0 Å². The van der Waals surface area contributed by atoms with Gasteiger partial charge in [-0.3, -0.25) is 9.20 Å². The van der Waals surface area contributed by atoms with Crippen molar-refractivity contribution in [2.75, 3.05) is 12.4 Å². The molecule has 0 unspecified atom stereocenters. The molecule has 2 heterocycles. The zero-order chi connectivity index (χ0) is 18.1. The third-order valence-corrected chi connectivity index (χ3v) is 4.75. The second-order valence-corrected chi connectivity index (χ2v) is 6.45. The highest BCUT2D eigenvalue weighted by molar-refractivity contribution is 6.44. The summed E-state index contributed by atoms with van der Waals surface area (Å²) in [6.45, 7) is 1.93. The Kier molecular flexibility index (Phi) is 5.08. The van der Waals surface area contributed by atoms with E-state index in [2.05, 4.69) is 10.3 Å². The van der Waals surface area contributed by atoms with Gasteiger partial charge in [0.15, 0.2) is 11.4 Å². The van der Waals surface area contributed by atoms with E-state index < -0.39 is 0 Å². The van der Waals surface area contributed by atoms with Crippen LogP contribution in [-0.2, 0) is 6.42 Å². The standard InChI is InChI=1S/C17H14Cl3N3O2/c1-3-12-15(23-6-4-5-14(25-2)16(23)21-12)17(24)22-13-8-10(19)9(18)7-11(13)20/h4-8H,3H2,1-2H3,(H,22,24). The zero-order valence-corrected chi connectivity index (χ0v) is 15.7. The molecule has 5 nitrogen and oxygen atoms in total. The normalized spacial score (nSPS) is 10.9. The van der Waals surface area contributed by atoms with Gasteiger partial charge in [0.1, 0.15) is 5.69 Å². The zero-order valence-electron chi connectivity index (χ0n) is 13.4. The molecule has 130 valence electrons. The van der Waals surface area contributed by atoms with Crippen molar-refractivity contribution in [3.63, 3.8) is 0 Å². The van der Waals surface area contributed by atoms with Crippen LogP contribution >= 0.6 is 34.8 Å². The summed E-state index contributed by atoms with van der Waals surface area (Å²) in [5.74, 6) is 0.238. The van der Waals surface area contributed by atoms with Gasteiger partial charge < -0.3 is 10.1 Å². The van der Waals surface area contributed by atoms with Crippen LogP contribution in [0.15, 0.2) is 30.5 Å². The average molecular weight is 399 g/mol. The lowest BCUT2D eigenvalue weighted by atomic mass is 10.2. The van der Waals surface area contributed by atoms with Crippen LogP contribution in [0.25, 0.3) is 5.65 Å². The number of hydrogen-bond donors (Lipinski definition) is 1. The maximum atomic E-state index is 12.9. The smallest absolute Gasteiger partial charge is 0.274 e. The number of nitrogens with zero attached hydrogens (tertiary/aromatic N) is 2. The molecule has 8 heteroatoms. The quantitative estimate of drug-likeness (QED) is 0.621. The molecule has 2 aromatic heterocycles. The molecule has 1 aromatic carbocycles. The molecule has 0 atom stereocenters. The van der Waals surface area contributed by atoms with E-state index in [9.17, 15) is 4.79 Å². The van der Waals surface area contributed by atoms with Gasteiger partial charge in [-0.15, -0.1) is 0 Å². The number of nitrogens with one attached hydrogen (secondary N) is 1. The van der Waals surface area contributed by atoms with Crippen LogP contribution < -0.4 is 10.1 Å². The van der Waals surface area contributed by atoms with E-state index in [1.54, 1.807) is 29.8 Å². The average Bonchev–Trinajstić information content (AvgIpc) is 2.98. The summed E-state index contributed by atoms with van der Waals surface area (Å²) >= 11 is 18.1. The van der Waals surface area contributed by atoms with Crippen LogP contribution in [-0.4, -0.2) is 22.4 Å². The molecule has 25 heavy (non-hydrogen) atoms. The van der Waals surface area contributed by atoms with Crippen molar-refractivity contribution in [3.8, 4) is 5.75 Å². The number of anilines is 1. The Hall–Kier alpha value is -1.95. The van der Waals surface area contributed by atoms with Gasteiger partial charge >= 0.3 is 0 Å². The summed E-state index contributed by atoms with van der Waals surface area (Å²) in [6.07, 6.45) is 2.35. The largest absolute Gasteiger partial charge is 0.493 e. The number of ether oxygens (including phenoxy) is 1. The van der Waals surface area contributed by atoms with Crippen LogP contribution in [0.3, 0.4) is 0 Å². The van der Waals surface area contributed by atoms with Crippen molar-refractivity contribution < 1.29 is 9.53 Å². The first-order valence-electron chi connectivity index (χ1n) is 7.46. The number of imidazole rings is 1. The van der Waals surface area contributed by atoms with Crippen LogP contribution in [0.2, 0.25) is 15.1 Å². The number of hydrogen-bond acceptors (Lipinski definition) is 3. The van der Waals surface area contributed by atoms with E-state index in [1.165, 1.54) is 12.1 Å². The first kappa shape index (κ1) is 17.9. The summed E-state index contributed by atoms with van der Waals surface area (Å²) in [5, 5.41) is 3.69. The molecular formula is C17H14Cl3N3O2. The Balaban J connectivity index is 2.07. The molecule has 0 saturated carbocycles. The lowest BCUT2D eigenvalue weighted by Crippen LogP contribution is -2.16. The Morgan fingerprint density at radius 3 is 2.64 bits per heavy atom. The topological polar surface area (TPSA) is 55.6 Å². The SMILES string of the molecule is CCc1nc2c(OC)cccn2c1C(=O)Nc1cc(Cl)c(Cl)cc1Cl. The van der Waals surface area contributed by atoms with E-state index in [0.717, 1.165) is 0 Å². The number of pyridine rings is 1. The molecule has 0 spiro atoms. The Labute approximate surface area is 159 Å². The number of rotatable bonds is 4. The van der Waals surface area contributed by atoms with Crippen LogP contribution in [0, 0.1) is 0 Å². The lowest BCUT2D eigenvalue weighted by molar-refractivity contribution is 0.102. The number of benzene rings is 1. The van der Waals surface area contributed by atoms with E-state index in [4.69, 9.17) is 39.5 Å². The highest BCUT2D eigenvalue weighted by Crippen LogP contribution is 2.33. The Morgan fingerprint density at radius 2 is 1.96 bits per heavy atom. The molecule has 1 amide bonds. The predicted molar refractivity (Wildman–Crippen MR) is 101 cm³/mol. The summed E-state index contributed by atoms with van der Waals surface area (Å²) in [5.41, 5.74) is 2.02. The molecule has 0 aliphatic heterocycles. The second kappa shape index (κ2) is 7.12. The number of halogens is 3. The molecule has 3 rings (SSSR count). The first-order chi connectivity index (χ1) is 12.0. The number of fused-ring (bicyclic) bond motifs is 1. The van der Waals surface area contributed by atoms with E-state index in [1.807, 2.05) is 6.92 Å². The molecule has 0 aliphatic rings. The highest BCUT2D eigenvalue weighted by Gasteiger charge is 2.21. The fourth-order valence-corrected chi connectivity index (χ4v) is 3.13. The monoisotopic (exact) mass is 397 g/mol. The Bertz CT molecular complexity index is 969. The molecular weight excluding hydrogens is 385 g/mol. The second-order valence-electron chi connectivity index (χ2n) is 5.23. The first-order valence-corrected chi connectivity index (χ1v) is 8.59. The van der Waals surface area contributed by atoms with Gasteiger partial charge in [-0.05, 0) is 30.7 Å². The summed E-state index contributed by atoms with van der Waals surface area (Å²) in [6, 6.07) is 6.58. The van der Waals surface area contributed by atoms with Crippen molar-refractivity contribution in [3.05, 3.63) is 56.9 Å². The maximum Gasteiger partial charge on any atom is 0.274 e. The molecule has 0 saturated heterocycles. The van der Waals surface area contributed by atoms with Crippen LogP contribution in [0.1, 0.15) is 23.1 Å². The van der Waals surface area contributed by atoms with Gasteiger partial charge in [0.25, 0.3) is 5.91 Å². The minimum absolute atomic E-state index is 0.298. The van der Waals surface area contributed by atoms with Crippen molar-refractivity contribution in [2.45, 2.75) is 13.3 Å². The van der Waals surface area contributed by atoms with Crippen molar-refractivity contribution in [2.24, 2.45) is 0 Å². The maximum absolute atomic E-state index is 12.9. The van der Waals surface area contributed by atoms with E-state index in [-0.39, 0.29) is 5.91 Å².